The quantitative estimate of drug-likeness (QED) is 0.649. The summed E-state index contributed by atoms with van der Waals surface area (Å²) < 4.78 is 0. The van der Waals surface area contributed by atoms with Crippen molar-refractivity contribution in [3.63, 3.8) is 0 Å². The minimum Gasteiger partial charge on any atom is -0.512 e. The van der Waals surface area contributed by atoms with Crippen molar-refractivity contribution in [2.45, 2.75) is 40.5 Å². The molecule has 0 aromatic carbocycles. The SMILES string of the molecule is CC(=O)O.CC12CCC(C=C1O)C2(C)C. The lowest BCUT2D eigenvalue weighted by Gasteiger charge is -2.34. The van der Waals surface area contributed by atoms with Gasteiger partial charge in [-0.2, -0.15) is 0 Å². The van der Waals surface area contributed by atoms with E-state index < -0.39 is 5.97 Å². The third-order valence-corrected chi connectivity index (χ3v) is 4.23. The molecule has 2 unspecified atom stereocenters. The van der Waals surface area contributed by atoms with Crippen molar-refractivity contribution in [2.24, 2.45) is 16.7 Å². The van der Waals surface area contributed by atoms with Gasteiger partial charge in [0.05, 0.1) is 5.76 Å². The van der Waals surface area contributed by atoms with E-state index >= 15 is 0 Å². The molecule has 0 saturated heterocycles. The smallest absolute Gasteiger partial charge is 0.300 e. The fourth-order valence-electron chi connectivity index (χ4n) is 2.66. The molecule has 86 valence electrons. The molecule has 2 N–H and O–H groups in total. The number of aliphatic hydroxyl groups is 1. The standard InChI is InChI=1S/C10H16O.C2H4O2/c1-9(2)7-4-5-10(9,3)8(11)6-7;1-2(3)4/h6-7,11H,4-5H2,1-3H3;1H3,(H,3,4). The van der Waals surface area contributed by atoms with E-state index in [9.17, 15) is 5.11 Å². The van der Waals surface area contributed by atoms with E-state index in [4.69, 9.17) is 9.90 Å². The van der Waals surface area contributed by atoms with E-state index in [1.54, 1.807) is 0 Å². The summed E-state index contributed by atoms with van der Waals surface area (Å²) in [6.07, 6.45) is 4.48. The Morgan fingerprint density at radius 3 is 2.07 bits per heavy atom. The second-order valence-electron chi connectivity index (χ2n) is 5.27. The van der Waals surface area contributed by atoms with Crippen LogP contribution in [0, 0.1) is 16.7 Å². The van der Waals surface area contributed by atoms with E-state index in [0.717, 1.165) is 13.3 Å². The molecule has 0 heterocycles. The highest BCUT2D eigenvalue weighted by Crippen LogP contribution is 2.64. The van der Waals surface area contributed by atoms with Gasteiger partial charge in [0.15, 0.2) is 0 Å². The predicted molar refractivity (Wildman–Crippen MR) is 58.6 cm³/mol. The second kappa shape index (κ2) is 3.54. The van der Waals surface area contributed by atoms with Crippen LogP contribution in [0.15, 0.2) is 11.8 Å². The van der Waals surface area contributed by atoms with E-state index in [1.807, 2.05) is 0 Å². The number of carboxylic acids is 1. The molecule has 0 spiro atoms. The third kappa shape index (κ3) is 1.75. The number of aliphatic carboxylic acids is 1. The lowest BCUT2D eigenvalue weighted by Crippen LogP contribution is -2.29. The molecule has 0 aromatic rings. The topological polar surface area (TPSA) is 57.5 Å². The zero-order valence-corrected chi connectivity index (χ0v) is 9.87. The van der Waals surface area contributed by atoms with Gasteiger partial charge in [-0.3, -0.25) is 4.79 Å². The normalized spacial score (nSPS) is 35.5. The first kappa shape index (κ1) is 12.1. The molecule has 0 radical (unpaired) electrons. The van der Waals surface area contributed by atoms with Crippen molar-refractivity contribution < 1.29 is 15.0 Å². The minimum atomic E-state index is -0.833. The largest absolute Gasteiger partial charge is 0.512 e. The van der Waals surface area contributed by atoms with Crippen LogP contribution < -0.4 is 0 Å². The van der Waals surface area contributed by atoms with Gasteiger partial charge >= 0.3 is 0 Å². The molecule has 3 heteroatoms. The van der Waals surface area contributed by atoms with Crippen LogP contribution in [0.2, 0.25) is 0 Å². The number of hydrogen-bond acceptors (Lipinski definition) is 2. The Balaban J connectivity index is 0.000000245. The van der Waals surface area contributed by atoms with Gasteiger partial charge < -0.3 is 10.2 Å². The van der Waals surface area contributed by atoms with Crippen molar-refractivity contribution in [1.29, 1.82) is 0 Å². The second-order valence-corrected chi connectivity index (χ2v) is 5.27. The molecular weight excluding hydrogens is 192 g/mol. The summed E-state index contributed by atoms with van der Waals surface area (Å²) in [6.45, 7) is 7.81. The first-order valence-electron chi connectivity index (χ1n) is 5.32. The van der Waals surface area contributed by atoms with Crippen LogP contribution in [0.3, 0.4) is 0 Å². The van der Waals surface area contributed by atoms with Gasteiger partial charge in [0.25, 0.3) is 5.97 Å². The maximum absolute atomic E-state index is 9.68. The Hall–Kier alpha value is -0.990. The number of aliphatic hydroxyl groups excluding tert-OH is 1. The maximum Gasteiger partial charge on any atom is 0.300 e. The van der Waals surface area contributed by atoms with Crippen LogP contribution in [0.1, 0.15) is 40.5 Å². The van der Waals surface area contributed by atoms with Crippen molar-refractivity contribution >= 4 is 5.97 Å². The van der Waals surface area contributed by atoms with Crippen LogP contribution in [0.25, 0.3) is 0 Å². The zero-order valence-electron chi connectivity index (χ0n) is 9.87. The van der Waals surface area contributed by atoms with E-state index in [0.29, 0.717) is 11.7 Å². The highest BCUT2D eigenvalue weighted by atomic mass is 16.4. The van der Waals surface area contributed by atoms with Crippen molar-refractivity contribution in [3.05, 3.63) is 11.8 Å². The predicted octanol–water partition coefficient (Wildman–Crippen LogP) is 2.98. The van der Waals surface area contributed by atoms with Crippen LogP contribution in [-0.2, 0) is 4.79 Å². The maximum atomic E-state index is 9.68. The third-order valence-electron chi connectivity index (χ3n) is 4.23. The van der Waals surface area contributed by atoms with E-state index in [1.165, 1.54) is 6.42 Å². The monoisotopic (exact) mass is 212 g/mol. The van der Waals surface area contributed by atoms with Crippen LogP contribution in [0.5, 0.6) is 0 Å². The van der Waals surface area contributed by atoms with Gasteiger partial charge in [-0.05, 0) is 30.3 Å². The minimum absolute atomic E-state index is 0.0810. The molecule has 0 amide bonds. The number of fused-ring (bicyclic) bond motifs is 2. The number of allylic oxidation sites excluding steroid dienone is 2. The Morgan fingerprint density at radius 2 is 1.93 bits per heavy atom. The summed E-state index contributed by atoms with van der Waals surface area (Å²) in [7, 11) is 0. The van der Waals surface area contributed by atoms with Crippen molar-refractivity contribution in [1.82, 2.24) is 0 Å². The zero-order chi connectivity index (χ0) is 11.9. The van der Waals surface area contributed by atoms with Crippen LogP contribution >= 0.6 is 0 Å². The molecule has 2 aliphatic rings. The number of hydrogen-bond donors (Lipinski definition) is 2. The highest BCUT2D eigenvalue weighted by molar-refractivity contribution is 5.62. The van der Waals surface area contributed by atoms with Crippen molar-refractivity contribution in [3.8, 4) is 0 Å². The molecule has 2 rings (SSSR count). The fraction of sp³-hybridized carbons (Fsp3) is 0.750. The first-order valence-corrected chi connectivity index (χ1v) is 5.32. The van der Waals surface area contributed by atoms with E-state index in [2.05, 4.69) is 26.8 Å². The summed E-state index contributed by atoms with van der Waals surface area (Å²) in [5, 5.41) is 17.1. The number of carboxylic acid groups (broad SMARTS) is 1. The fourth-order valence-corrected chi connectivity index (χ4v) is 2.66. The first-order chi connectivity index (χ1) is 6.72. The average molecular weight is 212 g/mol. The molecule has 0 aromatic heterocycles. The molecule has 2 atom stereocenters. The van der Waals surface area contributed by atoms with Gasteiger partial charge in [-0.1, -0.05) is 20.8 Å². The van der Waals surface area contributed by atoms with Gasteiger partial charge in [-0.25, -0.2) is 0 Å². The van der Waals surface area contributed by atoms with Gasteiger partial charge in [0.2, 0.25) is 0 Å². The van der Waals surface area contributed by atoms with Gasteiger partial charge in [-0.15, -0.1) is 0 Å². The van der Waals surface area contributed by atoms with Crippen molar-refractivity contribution in [2.75, 3.05) is 0 Å². The Bertz CT molecular complexity index is 300. The molecule has 3 nitrogen and oxygen atoms in total. The van der Waals surface area contributed by atoms with Gasteiger partial charge in [0.1, 0.15) is 0 Å². The van der Waals surface area contributed by atoms with Crippen LogP contribution in [0.4, 0.5) is 0 Å². The molecule has 1 fully saturated rings. The molecule has 15 heavy (non-hydrogen) atoms. The summed E-state index contributed by atoms with van der Waals surface area (Å²) in [5.41, 5.74) is 0.370. The lowest BCUT2D eigenvalue weighted by molar-refractivity contribution is -0.134. The average Bonchev–Trinajstić information content (AvgIpc) is 2.36. The Morgan fingerprint density at radius 1 is 1.47 bits per heavy atom. The van der Waals surface area contributed by atoms with Gasteiger partial charge in [0, 0.05) is 12.3 Å². The molecular formula is C12H20O3. The summed E-state index contributed by atoms with van der Waals surface area (Å²) >= 11 is 0. The molecule has 0 aliphatic heterocycles. The van der Waals surface area contributed by atoms with E-state index in [-0.39, 0.29) is 10.8 Å². The highest BCUT2D eigenvalue weighted by Gasteiger charge is 2.57. The number of rotatable bonds is 0. The summed E-state index contributed by atoms with van der Waals surface area (Å²) in [5.74, 6) is 0.422. The Kier molecular flexibility index (Phi) is 2.85. The number of carbonyl (C=O) groups is 1. The summed E-state index contributed by atoms with van der Waals surface area (Å²) in [6, 6.07) is 0. The van der Waals surface area contributed by atoms with Crippen LogP contribution in [-0.4, -0.2) is 16.2 Å². The molecule has 2 bridgehead atoms. The Labute approximate surface area is 90.8 Å². The molecule has 2 aliphatic carbocycles. The summed E-state index contributed by atoms with van der Waals surface area (Å²) in [4.78, 5) is 9.00. The molecule has 1 saturated carbocycles. The lowest BCUT2D eigenvalue weighted by atomic mass is 9.70.